The lowest BCUT2D eigenvalue weighted by Crippen LogP contribution is -2.55. The Morgan fingerprint density at radius 3 is 1.89 bits per heavy atom. The Kier molecular flexibility index (Phi) is 20.7. The number of nitrogens with one attached hydrogen (secondary N) is 1. The second kappa shape index (κ2) is 28.2. The minimum atomic E-state index is -1.20. The van der Waals surface area contributed by atoms with E-state index in [1.165, 1.54) is 82.3 Å². The predicted molar refractivity (Wildman–Crippen MR) is 305 cm³/mol. The SMILES string of the molecule is CC(C)c1c(C(=O)Nc2ccccc2)c(-c2ccccc2)c(-c2ccc(F)cc2)n1CC[C@@H](O)C[C@@H](O)CC(=O)OCCSSCCOC(=O)Oc1ccc(C2[C@@H](CC[C@H](O)c3ccc(F)cc3)C(=O)N2c2ccc(F)cc2)cc1. The summed E-state index contributed by atoms with van der Waals surface area (Å²) in [5.74, 6) is -2.09. The zero-order chi connectivity index (χ0) is 56.7. The standard InChI is InChI=1S/C62H62F3N3O10S2/c1-39(2)57-56(60(73)66-47-11-7-4-8-12-47)55(41-9-5-3-6-10-41)59(43-15-21-45(64)22-16-43)67(57)32-31-49(69)37-50(70)38-54(72)76-33-35-79-80-36-34-77-62(75)78-51-27-17-42(18-28-51)58-52(29-30-53(71)40-13-19-44(63)20-14-40)61(74)68(58)48-25-23-46(65)24-26-48/h3-28,39,49-50,52-53,58,69-71H,29-38H2,1-2H3,(H,66,73)/t49-,50-,52-,53+,58?/m1/s1. The Morgan fingerprint density at radius 1 is 0.675 bits per heavy atom. The van der Waals surface area contributed by atoms with Gasteiger partial charge in [0.1, 0.15) is 36.4 Å². The molecule has 1 aliphatic rings. The molecule has 8 rings (SSSR count). The van der Waals surface area contributed by atoms with Crippen molar-refractivity contribution in [1.82, 2.24) is 4.57 Å². The van der Waals surface area contributed by atoms with Gasteiger partial charge in [0.25, 0.3) is 5.91 Å². The fraction of sp³-hybridized carbons (Fsp3) is 0.290. The third-order valence-corrected chi connectivity index (χ3v) is 15.9. The Hall–Kier alpha value is -7.35. The number of hydrogen-bond donors (Lipinski definition) is 4. The lowest BCUT2D eigenvalue weighted by atomic mass is 9.78. The van der Waals surface area contributed by atoms with E-state index >= 15 is 0 Å². The molecule has 6 aromatic carbocycles. The van der Waals surface area contributed by atoms with E-state index in [2.05, 4.69) is 5.32 Å². The molecule has 18 heteroatoms. The highest BCUT2D eigenvalue weighted by atomic mass is 33.1. The van der Waals surface area contributed by atoms with E-state index in [1.807, 2.05) is 66.9 Å². The summed E-state index contributed by atoms with van der Waals surface area (Å²) in [4.78, 5) is 54.7. The van der Waals surface area contributed by atoms with Gasteiger partial charge in [0, 0.05) is 40.7 Å². The number of benzene rings is 6. The fourth-order valence-corrected chi connectivity index (χ4v) is 11.5. The first kappa shape index (κ1) is 58.8. The molecule has 2 heterocycles. The molecule has 7 aromatic rings. The van der Waals surface area contributed by atoms with Crippen LogP contribution < -0.4 is 15.0 Å². The van der Waals surface area contributed by atoms with Crippen LogP contribution in [0.2, 0.25) is 0 Å². The fourth-order valence-electron chi connectivity index (χ4n) is 9.87. The Bertz CT molecular complexity index is 3170. The van der Waals surface area contributed by atoms with Crippen molar-refractivity contribution in [2.24, 2.45) is 5.92 Å². The molecule has 2 amide bonds. The third-order valence-electron chi connectivity index (χ3n) is 13.6. The van der Waals surface area contributed by atoms with Crippen LogP contribution in [0.3, 0.4) is 0 Å². The molecular weight excluding hydrogens is 1070 g/mol. The smallest absolute Gasteiger partial charge is 0.465 e. The van der Waals surface area contributed by atoms with Gasteiger partial charge in [-0.05, 0) is 139 Å². The minimum Gasteiger partial charge on any atom is -0.465 e. The van der Waals surface area contributed by atoms with Gasteiger partial charge in [0.05, 0.1) is 47.9 Å². The number of β-lactam (4-membered cyclic amide) rings is 1. The van der Waals surface area contributed by atoms with Gasteiger partial charge in [-0.1, -0.05) is 108 Å². The molecule has 418 valence electrons. The van der Waals surface area contributed by atoms with Crippen LogP contribution >= 0.6 is 21.6 Å². The van der Waals surface area contributed by atoms with E-state index < -0.39 is 59.8 Å². The monoisotopic (exact) mass is 1130 g/mol. The van der Waals surface area contributed by atoms with Crippen molar-refractivity contribution in [1.29, 1.82) is 0 Å². The molecule has 80 heavy (non-hydrogen) atoms. The molecule has 1 unspecified atom stereocenters. The lowest BCUT2D eigenvalue weighted by Gasteiger charge is -2.48. The van der Waals surface area contributed by atoms with Crippen LogP contribution in [0, 0.1) is 23.4 Å². The number of halogens is 3. The molecule has 5 atom stereocenters. The lowest BCUT2D eigenvalue weighted by molar-refractivity contribution is -0.145. The van der Waals surface area contributed by atoms with E-state index in [0.717, 1.165) is 11.1 Å². The molecule has 1 aliphatic heterocycles. The van der Waals surface area contributed by atoms with Gasteiger partial charge in [-0.25, -0.2) is 18.0 Å². The first-order chi connectivity index (χ1) is 38.6. The molecule has 0 aliphatic carbocycles. The van der Waals surface area contributed by atoms with Crippen LogP contribution in [-0.2, 0) is 25.6 Å². The predicted octanol–water partition coefficient (Wildman–Crippen LogP) is 12.9. The van der Waals surface area contributed by atoms with E-state index in [-0.39, 0.29) is 68.9 Å². The molecule has 0 spiro atoms. The molecule has 1 fully saturated rings. The maximum Gasteiger partial charge on any atom is 0.513 e. The van der Waals surface area contributed by atoms with Gasteiger partial charge in [0.15, 0.2) is 0 Å². The number of hydrogen-bond acceptors (Lipinski definition) is 12. The number of aliphatic hydroxyl groups is 3. The molecule has 0 bridgehead atoms. The van der Waals surface area contributed by atoms with Gasteiger partial charge in [-0.15, -0.1) is 0 Å². The summed E-state index contributed by atoms with van der Waals surface area (Å²) >= 11 is 0. The molecule has 4 N–H and O–H groups in total. The number of anilines is 2. The largest absolute Gasteiger partial charge is 0.513 e. The average molecular weight is 1130 g/mol. The number of amides is 2. The molecule has 13 nitrogen and oxygen atoms in total. The number of carbonyl (C=O) groups excluding carboxylic acids is 4. The molecule has 1 saturated heterocycles. The number of esters is 1. The van der Waals surface area contributed by atoms with Crippen LogP contribution in [0.5, 0.6) is 5.75 Å². The highest BCUT2D eigenvalue weighted by molar-refractivity contribution is 8.76. The summed E-state index contributed by atoms with van der Waals surface area (Å²) in [5.41, 5.74) is 6.34. The van der Waals surface area contributed by atoms with Crippen LogP contribution in [0.1, 0.15) is 91.2 Å². The van der Waals surface area contributed by atoms with Gasteiger partial charge in [-0.2, -0.15) is 0 Å². The number of ether oxygens (including phenoxy) is 3. The van der Waals surface area contributed by atoms with Gasteiger partial charge in [0.2, 0.25) is 5.91 Å². The second-order valence-electron chi connectivity index (χ2n) is 19.5. The Labute approximate surface area is 470 Å². The van der Waals surface area contributed by atoms with Crippen LogP contribution in [0.15, 0.2) is 158 Å². The summed E-state index contributed by atoms with van der Waals surface area (Å²) in [5, 5.41) is 36.0. The highest BCUT2D eigenvalue weighted by Crippen LogP contribution is 2.47. The molecular formula is C62H62F3N3O10S2. The van der Waals surface area contributed by atoms with Crippen molar-refractivity contribution >= 4 is 56.9 Å². The first-order valence-corrected chi connectivity index (χ1v) is 28.8. The number of nitrogens with zero attached hydrogens (tertiary/aromatic N) is 2. The number of rotatable bonds is 26. The number of para-hydroxylation sites is 1. The zero-order valence-corrected chi connectivity index (χ0v) is 45.7. The number of carbonyl (C=O) groups is 4. The summed E-state index contributed by atoms with van der Waals surface area (Å²) in [6, 6.07) is 41.9. The minimum absolute atomic E-state index is 0.0285. The van der Waals surface area contributed by atoms with Crippen LogP contribution in [0.4, 0.5) is 29.3 Å². The van der Waals surface area contributed by atoms with Crippen LogP contribution in [-0.4, -0.2) is 80.8 Å². The summed E-state index contributed by atoms with van der Waals surface area (Å²) in [6.45, 7) is 4.28. The van der Waals surface area contributed by atoms with E-state index in [4.69, 9.17) is 14.2 Å². The second-order valence-corrected chi connectivity index (χ2v) is 22.2. The van der Waals surface area contributed by atoms with Gasteiger partial charge in [-0.3, -0.25) is 14.4 Å². The van der Waals surface area contributed by atoms with Gasteiger partial charge < -0.3 is 44.3 Å². The van der Waals surface area contributed by atoms with Crippen molar-refractivity contribution in [3.63, 3.8) is 0 Å². The summed E-state index contributed by atoms with van der Waals surface area (Å²) < 4.78 is 59.5. The maximum atomic E-state index is 14.4. The van der Waals surface area contributed by atoms with E-state index in [1.54, 1.807) is 53.4 Å². The topological polar surface area (TPSA) is 177 Å². The normalized spacial score (nSPS) is 15.2. The zero-order valence-electron chi connectivity index (χ0n) is 44.1. The van der Waals surface area contributed by atoms with Crippen molar-refractivity contribution < 1.29 is 61.9 Å². The number of aliphatic hydroxyl groups excluding tert-OH is 3. The Balaban J connectivity index is 0.769. The van der Waals surface area contributed by atoms with Crippen molar-refractivity contribution in [2.75, 3.05) is 34.9 Å². The maximum absolute atomic E-state index is 14.4. The van der Waals surface area contributed by atoms with Crippen molar-refractivity contribution in [2.45, 2.75) is 82.8 Å². The molecule has 0 saturated carbocycles. The first-order valence-electron chi connectivity index (χ1n) is 26.3. The summed E-state index contributed by atoms with van der Waals surface area (Å²) in [6.07, 6.45) is -3.79. The highest BCUT2D eigenvalue weighted by Gasteiger charge is 2.48. The van der Waals surface area contributed by atoms with E-state index in [9.17, 15) is 47.7 Å². The Morgan fingerprint density at radius 2 is 1.26 bits per heavy atom. The third kappa shape index (κ3) is 15.3. The number of aromatic nitrogens is 1. The average Bonchev–Trinajstić information content (AvgIpc) is 3.81. The quantitative estimate of drug-likeness (QED) is 0.0133. The van der Waals surface area contributed by atoms with E-state index in [0.29, 0.717) is 62.9 Å². The van der Waals surface area contributed by atoms with Crippen molar-refractivity contribution in [3.05, 3.63) is 198 Å². The van der Waals surface area contributed by atoms with Gasteiger partial charge >= 0.3 is 12.1 Å². The van der Waals surface area contributed by atoms with Crippen molar-refractivity contribution in [3.8, 4) is 28.1 Å². The molecule has 1 aromatic heterocycles. The summed E-state index contributed by atoms with van der Waals surface area (Å²) in [7, 11) is 2.78. The molecule has 0 radical (unpaired) electrons. The van der Waals surface area contributed by atoms with Crippen LogP contribution in [0.25, 0.3) is 22.4 Å².